The second-order valence-electron chi connectivity index (χ2n) is 5.10. The fourth-order valence-electron chi connectivity index (χ4n) is 3.14. The Morgan fingerprint density at radius 3 is 3.11 bits per heavy atom. The zero-order valence-electron chi connectivity index (χ0n) is 10.0. The van der Waals surface area contributed by atoms with Crippen LogP contribution in [0, 0.1) is 11.8 Å². The van der Waals surface area contributed by atoms with Crippen molar-refractivity contribution in [2.24, 2.45) is 11.8 Å². The van der Waals surface area contributed by atoms with Crippen LogP contribution in [0.5, 0.6) is 0 Å². The minimum Gasteiger partial charge on any atom is -0.323 e. The highest BCUT2D eigenvalue weighted by Gasteiger charge is 2.42. The standard InChI is InChI=1S/C13H16BrN3O/c14-11-5-4-9(7-15-11)17-13(18)12-10-3-1-2-8(10)6-16-12/h4-5,7-8,10,12,16H,1-3,6H2,(H,17,18). The van der Waals surface area contributed by atoms with Crippen molar-refractivity contribution in [2.45, 2.75) is 25.3 Å². The first kappa shape index (κ1) is 12.1. The average molecular weight is 310 g/mol. The second-order valence-corrected chi connectivity index (χ2v) is 5.91. The number of amides is 1. The van der Waals surface area contributed by atoms with Crippen molar-refractivity contribution in [2.75, 3.05) is 11.9 Å². The third-order valence-electron chi connectivity index (χ3n) is 4.02. The fraction of sp³-hybridized carbons (Fsp3) is 0.538. The van der Waals surface area contributed by atoms with Gasteiger partial charge in [-0.1, -0.05) is 6.42 Å². The molecule has 0 radical (unpaired) electrons. The Bertz CT molecular complexity index is 448. The number of fused-ring (bicyclic) bond motifs is 1. The van der Waals surface area contributed by atoms with Gasteiger partial charge in [-0.2, -0.15) is 0 Å². The summed E-state index contributed by atoms with van der Waals surface area (Å²) in [5, 5.41) is 6.29. The summed E-state index contributed by atoms with van der Waals surface area (Å²) in [6.07, 6.45) is 5.37. The lowest BCUT2D eigenvalue weighted by atomic mass is 9.93. The van der Waals surface area contributed by atoms with Crippen LogP contribution < -0.4 is 10.6 Å². The minimum atomic E-state index is -0.0267. The van der Waals surface area contributed by atoms with Crippen molar-refractivity contribution in [1.29, 1.82) is 0 Å². The summed E-state index contributed by atoms with van der Waals surface area (Å²) in [6.45, 7) is 0.987. The van der Waals surface area contributed by atoms with Crippen molar-refractivity contribution in [1.82, 2.24) is 10.3 Å². The molecule has 4 nitrogen and oxygen atoms in total. The highest BCUT2D eigenvalue weighted by Crippen LogP contribution is 2.37. The van der Waals surface area contributed by atoms with Gasteiger partial charge in [0.15, 0.2) is 0 Å². The molecule has 96 valence electrons. The molecule has 3 rings (SSSR count). The normalized spacial score (nSPS) is 30.2. The highest BCUT2D eigenvalue weighted by atomic mass is 79.9. The molecule has 1 aromatic heterocycles. The number of carbonyl (C=O) groups is 1. The summed E-state index contributed by atoms with van der Waals surface area (Å²) in [6, 6.07) is 3.66. The number of rotatable bonds is 2. The molecular weight excluding hydrogens is 294 g/mol. The molecule has 18 heavy (non-hydrogen) atoms. The van der Waals surface area contributed by atoms with E-state index in [1.165, 1.54) is 19.3 Å². The lowest BCUT2D eigenvalue weighted by molar-refractivity contribution is -0.118. The first-order valence-electron chi connectivity index (χ1n) is 6.40. The number of hydrogen-bond donors (Lipinski definition) is 2. The van der Waals surface area contributed by atoms with E-state index in [9.17, 15) is 4.79 Å². The highest BCUT2D eigenvalue weighted by molar-refractivity contribution is 9.10. The quantitative estimate of drug-likeness (QED) is 0.823. The molecule has 5 heteroatoms. The maximum atomic E-state index is 12.2. The molecule has 2 heterocycles. The molecular formula is C13H16BrN3O. The molecule has 1 aromatic rings. The SMILES string of the molecule is O=C(Nc1ccc(Br)nc1)C1NCC2CCCC21. The molecule has 1 saturated heterocycles. The molecule has 0 aromatic carbocycles. The van der Waals surface area contributed by atoms with E-state index < -0.39 is 0 Å². The topological polar surface area (TPSA) is 54.0 Å². The van der Waals surface area contributed by atoms with Crippen LogP contribution in [-0.4, -0.2) is 23.5 Å². The maximum Gasteiger partial charge on any atom is 0.241 e. The first-order chi connectivity index (χ1) is 8.74. The Labute approximate surface area is 115 Å². The third kappa shape index (κ3) is 2.29. The Balaban J connectivity index is 1.66. The van der Waals surface area contributed by atoms with Crippen molar-refractivity contribution < 1.29 is 4.79 Å². The van der Waals surface area contributed by atoms with Gasteiger partial charge < -0.3 is 10.6 Å². The van der Waals surface area contributed by atoms with Gasteiger partial charge in [-0.3, -0.25) is 4.79 Å². The van der Waals surface area contributed by atoms with E-state index >= 15 is 0 Å². The van der Waals surface area contributed by atoms with E-state index in [0.29, 0.717) is 11.8 Å². The molecule has 0 bridgehead atoms. The zero-order valence-corrected chi connectivity index (χ0v) is 11.6. The predicted molar refractivity (Wildman–Crippen MR) is 73.2 cm³/mol. The molecule has 0 spiro atoms. The summed E-state index contributed by atoms with van der Waals surface area (Å²) in [4.78, 5) is 16.3. The second kappa shape index (κ2) is 4.97. The number of nitrogens with one attached hydrogen (secondary N) is 2. The number of halogens is 1. The van der Waals surface area contributed by atoms with Crippen LogP contribution >= 0.6 is 15.9 Å². The molecule has 2 N–H and O–H groups in total. The number of pyridine rings is 1. The molecule has 1 aliphatic heterocycles. The van der Waals surface area contributed by atoms with E-state index in [0.717, 1.165) is 16.8 Å². The van der Waals surface area contributed by atoms with Gasteiger partial charge in [0.1, 0.15) is 4.60 Å². The van der Waals surface area contributed by atoms with Crippen molar-refractivity contribution in [3.05, 3.63) is 22.9 Å². The smallest absolute Gasteiger partial charge is 0.241 e. The third-order valence-corrected chi connectivity index (χ3v) is 4.49. The minimum absolute atomic E-state index is 0.0267. The number of carbonyl (C=O) groups excluding carboxylic acids is 1. The van der Waals surface area contributed by atoms with Crippen LogP contribution in [0.2, 0.25) is 0 Å². The average Bonchev–Trinajstić information content (AvgIpc) is 2.93. The van der Waals surface area contributed by atoms with Gasteiger partial charge in [-0.15, -0.1) is 0 Å². The lowest BCUT2D eigenvalue weighted by Gasteiger charge is -2.17. The van der Waals surface area contributed by atoms with E-state index in [4.69, 9.17) is 0 Å². The van der Waals surface area contributed by atoms with Gasteiger partial charge in [-0.05, 0) is 59.3 Å². The van der Waals surface area contributed by atoms with E-state index in [2.05, 4.69) is 31.5 Å². The summed E-state index contributed by atoms with van der Waals surface area (Å²) in [5.74, 6) is 1.30. The zero-order chi connectivity index (χ0) is 12.5. The molecule has 3 unspecified atom stereocenters. The summed E-state index contributed by atoms with van der Waals surface area (Å²) < 4.78 is 0.773. The van der Waals surface area contributed by atoms with Crippen molar-refractivity contribution in [3.8, 4) is 0 Å². The Hall–Kier alpha value is -0.940. The first-order valence-corrected chi connectivity index (χ1v) is 7.19. The number of nitrogens with zero attached hydrogens (tertiary/aromatic N) is 1. The van der Waals surface area contributed by atoms with Gasteiger partial charge in [0.05, 0.1) is 17.9 Å². The monoisotopic (exact) mass is 309 g/mol. The molecule has 1 aliphatic carbocycles. The maximum absolute atomic E-state index is 12.2. The molecule has 2 aliphatic rings. The lowest BCUT2D eigenvalue weighted by Crippen LogP contribution is -2.39. The van der Waals surface area contributed by atoms with Crippen LogP contribution in [0.4, 0.5) is 5.69 Å². The van der Waals surface area contributed by atoms with Crippen molar-refractivity contribution in [3.63, 3.8) is 0 Å². The van der Waals surface area contributed by atoms with E-state index in [1.807, 2.05) is 12.1 Å². The summed E-state index contributed by atoms with van der Waals surface area (Å²) >= 11 is 3.28. The summed E-state index contributed by atoms with van der Waals surface area (Å²) in [7, 11) is 0. The molecule has 3 atom stereocenters. The number of hydrogen-bond acceptors (Lipinski definition) is 3. The molecule has 2 fully saturated rings. The fourth-order valence-corrected chi connectivity index (χ4v) is 3.38. The van der Waals surface area contributed by atoms with Gasteiger partial charge in [-0.25, -0.2) is 4.98 Å². The number of aromatic nitrogens is 1. The van der Waals surface area contributed by atoms with Crippen LogP contribution in [0.25, 0.3) is 0 Å². The van der Waals surface area contributed by atoms with Crippen LogP contribution in [-0.2, 0) is 4.79 Å². The van der Waals surface area contributed by atoms with Crippen LogP contribution in [0.1, 0.15) is 19.3 Å². The van der Waals surface area contributed by atoms with Crippen LogP contribution in [0.15, 0.2) is 22.9 Å². The van der Waals surface area contributed by atoms with Gasteiger partial charge in [0, 0.05) is 0 Å². The van der Waals surface area contributed by atoms with Crippen molar-refractivity contribution >= 4 is 27.5 Å². The Kier molecular flexibility index (Phi) is 3.35. The van der Waals surface area contributed by atoms with Gasteiger partial charge in [0.2, 0.25) is 5.91 Å². The summed E-state index contributed by atoms with van der Waals surface area (Å²) in [5.41, 5.74) is 0.756. The predicted octanol–water partition coefficient (Wildman–Crippen LogP) is 2.17. The Morgan fingerprint density at radius 1 is 1.44 bits per heavy atom. The molecule has 1 saturated carbocycles. The van der Waals surface area contributed by atoms with Crippen LogP contribution in [0.3, 0.4) is 0 Å². The van der Waals surface area contributed by atoms with Gasteiger partial charge in [0.25, 0.3) is 0 Å². The number of anilines is 1. The van der Waals surface area contributed by atoms with Gasteiger partial charge >= 0.3 is 0 Å². The van der Waals surface area contributed by atoms with E-state index in [1.54, 1.807) is 6.20 Å². The van der Waals surface area contributed by atoms with E-state index in [-0.39, 0.29) is 11.9 Å². The molecule has 1 amide bonds. The largest absolute Gasteiger partial charge is 0.323 e. The Morgan fingerprint density at radius 2 is 2.33 bits per heavy atom.